The number of nitrogens with zero attached hydrogens (tertiary/aromatic N) is 2. The fraction of sp³-hybridized carbons (Fsp3) is 0.769. The molecule has 0 aromatic carbocycles. The van der Waals surface area contributed by atoms with Crippen LogP contribution < -0.4 is 11.1 Å². The minimum Gasteiger partial charge on any atom is -0.381 e. The van der Waals surface area contributed by atoms with E-state index >= 15 is 0 Å². The van der Waals surface area contributed by atoms with E-state index in [-0.39, 0.29) is 6.04 Å². The van der Waals surface area contributed by atoms with Gasteiger partial charge in [0.25, 0.3) is 0 Å². The second kappa shape index (κ2) is 6.87. The van der Waals surface area contributed by atoms with Gasteiger partial charge in [-0.2, -0.15) is 5.10 Å². The van der Waals surface area contributed by atoms with Gasteiger partial charge in [-0.1, -0.05) is 0 Å². The van der Waals surface area contributed by atoms with Crippen molar-refractivity contribution >= 4 is 0 Å². The Morgan fingerprint density at radius 3 is 3.11 bits per heavy atom. The zero-order chi connectivity index (χ0) is 12.8. The van der Waals surface area contributed by atoms with E-state index in [1.807, 2.05) is 19.4 Å². The van der Waals surface area contributed by atoms with Gasteiger partial charge in [0.15, 0.2) is 0 Å². The van der Waals surface area contributed by atoms with Gasteiger partial charge in [-0.25, -0.2) is 0 Å². The molecule has 5 nitrogen and oxygen atoms in total. The molecule has 5 heteroatoms. The number of hydrogen-bond donors (Lipinski definition) is 2. The zero-order valence-corrected chi connectivity index (χ0v) is 11.1. The van der Waals surface area contributed by atoms with Crippen molar-refractivity contribution in [3.63, 3.8) is 0 Å². The summed E-state index contributed by atoms with van der Waals surface area (Å²) in [5, 5.41) is 7.47. The lowest BCUT2D eigenvalue weighted by molar-refractivity contribution is 0.122. The predicted octanol–water partition coefficient (Wildman–Crippen LogP) is 0.826. The Bertz CT molecular complexity index is 349. The van der Waals surface area contributed by atoms with E-state index in [9.17, 15) is 0 Å². The summed E-state index contributed by atoms with van der Waals surface area (Å²) in [6.45, 7) is 3.55. The molecular formula is C13H24N4O. The third-order valence-corrected chi connectivity index (χ3v) is 3.21. The van der Waals surface area contributed by atoms with Crippen LogP contribution in [0, 0.1) is 5.92 Å². The number of nitrogens with two attached hydrogens (primary N) is 1. The van der Waals surface area contributed by atoms with Gasteiger partial charge in [0.05, 0.1) is 6.20 Å². The van der Waals surface area contributed by atoms with Crippen molar-refractivity contribution in [2.24, 2.45) is 18.7 Å². The summed E-state index contributed by atoms with van der Waals surface area (Å²) >= 11 is 0. The Hall–Kier alpha value is -0.910. The SMILES string of the molecule is Cn1cc(C(N)CNCCCOCC2CC2)cn1. The fourth-order valence-electron chi connectivity index (χ4n) is 1.84. The molecule has 0 radical (unpaired) electrons. The van der Waals surface area contributed by atoms with Gasteiger partial charge in [0.2, 0.25) is 0 Å². The van der Waals surface area contributed by atoms with Gasteiger partial charge in [0, 0.05) is 44.6 Å². The molecular weight excluding hydrogens is 228 g/mol. The third kappa shape index (κ3) is 4.76. The van der Waals surface area contributed by atoms with Gasteiger partial charge >= 0.3 is 0 Å². The smallest absolute Gasteiger partial charge is 0.0537 e. The number of nitrogens with one attached hydrogen (secondary N) is 1. The summed E-state index contributed by atoms with van der Waals surface area (Å²) in [6.07, 6.45) is 7.55. The molecule has 1 saturated carbocycles. The number of ether oxygens (including phenoxy) is 1. The van der Waals surface area contributed by atoms with E-state index in [0.717, 1.165) is 44.2 Å². The summed E-state index contributed by atoms with van der Waals surface area (Å²) in [7, 11) is 1.90. The fourth-order valence-corrected chi connectivity index (χ4v) is 1.84. The van der Waals surface area contributed by atoms with Crippen LogP contribution in [0.3, 0.4) is 0 Å². The Kier molecular flexibility index (Phi) is 5.16. The van der Waals surface area contributed by atoms with E-state index in [1.165, 1.54) is 12.8 Å². The van der Waals surface area contributed by atoms with Crippen LogP contribution in [0.25, 0.3) is 0 Å². The number of rotatable bonds is 9. The molecule has 1 aromatic heterocycles. The van der Waals surface area contributed by atoms with E-state index in [1.54, 1.807) is 4.68 Å². The van der Waals surface area contributed by atoms with Gasteiger partial charge < -0.3 is 15.8 Å². The highest BCUT2D eigenvalue weighted by atomic mass is 16.5. The van der Waals surface area contributed by atoms with E-state index in [0.29, 0.717) is 0 Å². The predicted molar refractivity (Wildman–Crippen MR) is 71.2 cm³/mol. The van der Waals surface area contributed by atoms with Crippen molar-refractivity contribution in [2.45, 2.75) is 25.3 Å². The van der Waals surface area contributed by atoms with Crippen molar-refractivity contribution in [3.05, 3.63) is 18.0 Å². The van der Waals surface area contributed by atoms with Crippen molar-refractivity contribution in [2.75, 3.05) is 26.3 Å². The molecule has 18 heavy (non-hydrogen) atoms. The van der Waals surface area contributed by atoms with Crippen LogP contribution >= 0.6 is 0 Å². The number of hydrogen-bond acceptors (Lipinski definition) is 4. The van der Waals surface area contributed by atoms with Crippen LogP contribution in [0.15, 0.2) is 12.4 Å². The lowest BCUT2D eigenvalue weighted by Gasteiger charge is -2.10. The van der Waals surface area contributed by atoms with Gasteiger partial charge in [-0.15, -0.1) is 0 Å². The highest BCUT2D eigenvalue weighted by molar-refractivity contribution is 5.09. The molecule has 1 unspecified atom stereocenters. The molecule has 1 aliphatic carbocycles. The van der Waals surface area contributed by atoms with Crippen LogP contribution in [0.1, 0.15) is 30.9 Å². The van der Waals surface area contributed by atoms with Crippen LogP contribution in [0.4, 0.5) is 0 Å². The zero-order valence-electron chi connectivity index (χ0n) is 11.1. The minimum atomic E-state index is 0.0195. The lowest BCUT2D eigenvalue weighted by Crippen LogP contribution is -2.28. The van der Waals surface area contributed by atoms with Crippen LogP contribution in [0.2, 0.25) is 0 Å². The number of aryl methyl sites for hydroxylation is 1. The Balaban J connectivity index is 1.46. The molecule has 102 valence electrons. The molecule has 0 bridgehead atoms. The molecule has 2 rings (SSSR count). The Morgan fingerprint density at radius 2 is 2.44 bits per heavy atom. The second-order valence-corrected chi connectivity index (χ2v) is 5.13. The van der Waals surface area contributed by atoms with Crippen LogP contribution in [0.5, 0.6) is 0 Å². The monoisotopic (exact) mass is 252 g/mol. The van der Waals surface area contributed by atoms with Crippen LogP contribution in [-0.4, -0.2) is 36.1 Å². The first-order chi connectivity index (χ1) is 8.75. The average Bonchev–Trinajstić information content (AvgIpc) is 3.08. The third-order valence-electron chi connectivity index (χ3n) is 3.21. The molecule has 0 spiro atoms. The maximum Gasteiger partial charge on any atom is 0.0537 e. The maximum absolute atomic E-state index is 6.05. The first kappa shape index (κ1) is 13.5. The molecule has 0 saturated heterocycles. The van der Waals surface area contributed by atoms with Gasteiger partial charge in [-0.05, 0) is 31.7 Å². The summed E-state index contributed by atoms with van der Waals surface area (Å²) in [5.74, 6) is 0.858. The lowest BCUT2D eigenvalue weighted by atomic mass is 10.2. The van der Waals surface area contributed by atoms with Crippen molar-refractivity contribution in [3.8, 4) is 0 Å². The molecule has 1 heterocycles. The summed E-state index contributed by atoms with van der Waals surface area (Å²) in [6, 6.07) is 0.0195. The van der Waals surface area contributed by atoms with E-state index in [4.69, 9.17) is 10.5 Å². The molecule has 1 atom stereocenters. The van der Waals surface area contributed by atoms with Crippen LogP contribution in [-0.2, 0) is 11.8 Å². The largest absolute Gasteiger partial charge is 0.381 e. The molecule has 3 N–H and O–H groups in total. The Labute approximate surface area is 109 Å². The first-order valence-electron chi connectivity index (χ1n) is 6.78. The summed E-state index contributed by atoms with van der Waals surface area (Å²) in [4.78, 5) is 0. The van der Waals surface area contributed by atoms with E-state index in [2.05, 4.69) is 10.4 Å². The highest BCUT2D eigenvalue weighted by Crippen LogP contribution is 2.28. The first-order valence-corrected chi connectivity index (χ1v) is 6.78. The maximum atomic E-state index is 6.05. The van der Waals surface area contributed by atoms with Gasteiger partial charge in [0.1, 0.15) is 0 Å². The van der Waals surface area contributed by atoms with Crippen molar-refractivity contribution < 1.29 is 4.74 Å². The summed E-state index contributed by atoms with van der Waals surface area (Å²) in [5.41, 5.74) is 7.13. The molecule has 0 aliphatic heterocycles. The van der Waals surface area contributed by atoms with Crippen molar-refractivity contribution in [1.82, 2.24) is 15.1 Å². The van der Waals surface area contributed by atoms with E-state index < -0.39 is 0 Å². The Morgan fingerprint density at radius 1 is 1.61 bits per heavy atom. The topological polar surface area (TPSA) is 65.1 Å². The number of aromatic nitrogens is 2. The van der Waals surface area contributed by atoms with Gasteiger partial charge in [-0.3, -0.25) is 4.68 Å². The highest BCUT2D eigenvalue weighted by Gasteiger charge is 2.20. The molecule has 1 aliphatic rings. The van der Waals surface area contributed by atoms with Crippen molar-refractivity contribution in [1.29, 1.82) is 0 Å². The molecule has 0 amide bonds. The quantitative estimate of drug-likeness (QED) is 0.639. The molecule has 1 fully saturated rings. The summed E-state index contributed by atoms with van der Waals surface area (Å²) < 4.78 is 7.35. The molecule has 1 aromatic rings. The average molecular weight is 252 g/mol. The normalized spacial score (nSPS) is 17.0. The standard InChI is InChI=1S/C13H24N4O/c1-17-9-12(7-16-17)13(14)8-15-5-2-6-18-10-11-3-4-11/h7,9,11,13,15H,2-6,8,10,14H2,1H3. The second-order valence-electron chi connectivity index (χ2n) is 5.13. The minimum absolute atomic E-state index is 0.0195.